The molecule has 1 unspecified atom stereocenters. The molecule has 0 spiro atoms. The van der Waals surface area contributed by atoms with E-state index in [-0.39, 0.29) is 0 Å². The second-order valence-electron chi connectivity index (χ2n) is 5.73. The van der Waals surface area contributed by atoms with Crippen LogP contribution < -0.4 is 5.32 Å². The number of benzene rings is 1. The lowest BCUT2D eigenvalue weighted by Crippen LogP contribution is -2.27. The Morgan fingerprint density at radius 1 is 0.850 bits per heavy atom. The molecule has 1 atom stereocenters. The van der Waals surface area contributed by atoms with Crippen molar-refractivity contribution in [2.75, 3.05) is 7.05 Å². The van der Waals surface area contributed by atoms with E-state index in [0.29, 0.717) is 6.04 Å². The molecule has 0 heterocycles. The highest BCUT2D eigenvalue weighted by molar-refractivity contribution is 5.42. The van der Waals surface area contributed by atoms with E-state index in [4.69, 9.17) is 0 Å². The molecule has 1 heteroatoms. The van der Waals surface area contributed by atoms with Gasteiger partial charge in [-0.15, -0.1) is 0 Å². The highest BCUT2D eigenvalue weighted by atomic mass is 14.9. The summed E-state index contributed by atoms with van der Waals surface area (Å²) in [5, 5.41) is 3.61. The third kappa shape index (κ3) is 3.63. The fourth-order valence-corrected chi connectivity index (χ4v) is 3.42. The molecule has 1 nitrogen and oxygen atoms in total. The van der Waals surface area contributed by atoms with Crippen LogP contribution in [0.2, 0.25) is 0 Å². The van der Waals surface area contributed by atoms with Crippen molar-refractivity contribution in [3.8, 4) is 0 Å². The number of aryl methyl sites for hydroxylation is 3. The molecule has 0 saturated heterocycles. The lowest BCUT2D eigenvalue weighted by Gasteiger charge is -2.30. The molecule has 1 rings (SSSR count). The SMILES string of the molecule is CCc1cc(CC)c(C(NC)C(CC)CC)c(CC)c1. The summed E-state index contributed by atoms with van der Waals surface area (Å²) in [6, 6.07) is 5.36. The van der Waals surface area contributed by atoms with Gasteiger partial charge in [0.1, 0.15) is 0 Å². The summed E-state index contributed by atoms with van der Waals surface area (Å²) in [6.45, 7) is 11.5. The third-order valence-electron chi connectivity index (χ3n) is 4.72. The van der Waals surface area contributed by atoms with Gasteiger partial charge in [-0.25, -0.2) is 0 Å². The van der Waals surface area contributed by atoms with Gasteiger partial charge >= 0.3 is 0 Å². The van der Waals surface area contributed by atoms with Crippen molar-refractivity contribution < 1.29 is 0 Å². The van der Waals surface area contributed by atoms with E-state index in [9.17, 15) is 0 Å². The van der Waals surface area contributed by atoms with Crippen LogP contribution in [0.4, 0.5) is 0 Å². The van der Waals surface area contributed by atoms with Crippen molar-refractivity contribution >= 4 is 0 Å². The normalized spacial score (nSPS) is 12.9. The highest BCUT2D eigenvalue weighted by Gasteiger charge is 2.23. The molecule has 114 valence electrons. The molecule has 20 heavy (non-hydrogen) atoms. The van der Waals surface area contributed by atoms with Gasteiger partial charge in [0, 0.05) is 6.04 Å². The first-order chi connectivity index (χ1) is 9.66. The van der Waals surface area contributed by atoms with Crippen molar-refractivity contribution in [1.82, 2.24) is 5.32 Å². The van der Waals surface area contributed by atoms with E-state index in [1.165, 1.54) is 18.4 Å². The largest absolute Gasteiger partial charge is 0.313 e. The summed E-state index contributed by atoms with van der Waals surface area (Å²) in [7, 11) is 2.12. The molecular formula is C19H33N. The van der Waals surface area contributed by atoms with Gasteiger partial charge in [0.05, 0.1) is 0 Å². The maximum absolute atomic E-state index is 3.61. The predicted molar refractivity (Wildman–Crippen MR) is 90.4 cm³/mol. The predicted octanol–water partition coefficient (Wildman–Crippen LogP) is 5.07. The highest BCUT2D eigenvalue weighted by Crippen LogP contribution is 2.33. The standard InChI is InChI=1S/C19H33N/c1-7-14-12-16(10-4)18(17(11-5)13-14)19(20-6)15(8-2)9-3/h12-13,15,19-20H,7-11H2,1-6H3. The fourth-order valence-electron chi connectivity index (χ4n) is 3.42. The molecule has 0 radical (unpaired) electrons. The monoisotopic (exact) mass is 275 g/mol. The molecule has 0 saturated carbocycles. The van der Waals surface area contributed by atoms with E-state index in [1.54, 1.807) is 16.7 Å². The van der Waals surface area contributed by atoms with E-state index >= 15 is 0 Å². The van der Waals surface area contributed by atoms with Crippen LogP contribution in [-0.4, -0.2) is 7.05 Å². The number of nitrogens with one attached hydrogen (secondary N) is 1. The molecular weight excluding hydrogens is 242 g/mol. The number of hydrogen-bond acceptors (Lipinski definition) is 1. The molecule has 1 aromatic carbocycles. The maximum Gasteiger partial charge on any atom is 0.0351 e. The van der Waals surface area contributed by atoms with Crippen LogP contribution in [0.15, 0.2) is 12.1 Å². The second kappa shape index (κ2) is 8.46. The van der Waals surface area contributed by atoms with Gasteiger partial charge in [0.25, 0.3) is 0 Å². The van der Waals surface area contributed by atoms with Crippen molar-refractivity contribution in [3.05, 3.63) is 34.4 Å². The lowest BCUT2D eigenvalue weighted by molar-refractivity contribution is 0.356. The Bertz CT molecular complexity index is 379. The van der Waals surface area contributed by atoms with Crippen LogP contribution in [0.25, 0.3) is 0 Å². The van der Waals surface area contributed by atoms with Crippen molar-refractivity contribution in [3.63, 3.8) is 0 Å². The Balaban J connectivity index is 3.38. The van der Waals surface area contributed by atoms with Crippen LogP contribution in [-0.2, 0) is 19.3 Å². The minimum absolute atomic E-state index is 0.501. The molecule has 0 aliphatic carbocycles. The average molecular weight is 275 g/mol. The third-order valence-corrected chi connectivity index (χ3v) is 4.72. The average Bonchev–Trinajstić information content (AvgIpc) is 2.51. The Labute approximate surface area is 126 Å². The number of hydrogen-bond donors (Lipinski definition) is 1. The molecule has 0 fully saturated rings. The zero-order valence-electron chi connectivity index (χ0n) is 14.3. The first kappa shape index (κ1) is 17.2. The Kier molecular flexibility index (Phi) is 7.29. The molecule has 1 aromatic rings. The molecule has 0 aromatic heterocycles. The summed E-state index contributed by atoms with van der Waals surface area (Å²) in [5.41, 5.74) is 6.17. The Morgan fingerprint density at radius 2 is 1.35 bits per heavy atom. The van der Waals surface area contributed by atoms with E-state index < -0.39 is 0 Å². The zero-order chi connectivity index (χ0) is 15.1. The van der Waals surface area contributed by atoms with Crippen LogP contribution in [0.5, 0.6) is 0 Å². The Hall–Kier alpha value is -0.820. The van der Waals surface area contributed by atoms with Crippen LogP contribution >= 0.6 is 0 Å². The van der Waals surface area contributed by atoms with Crippen molar-refractivity contribution in [2.24, 2.45) is 5.92 Å². The first-order valence-corrected chi connectivity index (χ1v) is 8.48. The summed E-state index contributed by atoms with van der Waals surface area (Å²) < 4.78 is 0. The molecule has 0 amide bonds. The quantitative estimate of drug-likeness (QED) is 0.698. The van der Waals surface area contributed by atoms with E-state index in [2.05, 4.69) is 59.1 Å². The summed E-state index contributed by atoms with van der Waals surface area (Å²) >= 11 is 0. The first-order valence-electron chi connectivity index (χ1n) is 8.48. The van der Waals surface area contributed by atoms with Gasteiger partial charge in [0.15, 0.2) is 0 Å². The summed E-state index contributed by atoms with van der Waals surface area (Å²) in [6.07, 6.45) is 5.88. The molecule has 0 aliphatic heterocycles. The van der Waals surface area contributed by atoms with E-state index in [0.717, 1.165) is 25.2 Å². The van der Waals surface area contributed by atoms with Crippen LogP contribution in [0.1, 0.15) is 75.8 Å². The Morgan fingerprint density at radius 3 is 1.65 bits per heavy atom. The molecule has 0 bridgehead atoms. The van der Waals surface area contributed by atoms with Crippen LogP contribution in [0, 0.1) is 5.92 Å². The zero-order valence-corrected chi connectivity index (χ0v) is 14.3. The van der Waals surface area contributed by atoms with Gasteiger partial charge in [-0.05, 0) is 54.5 Å². The summed E-state index contributed by atoms with van der Waals surface area (Å²) in [5.74, 6) is 0.725. The summed E-state index contributed by atoms with van der Waals surface area (Å²) in [4.78, 5) is 0. The van der Waals surface area contributed by atoms with Gasteiger partial charge in [-0.2, -0.15) is 0 Å². The minimum Gasteiger partial charge on any atom is -0.313 e. The second-order valence-corrected chi connectivity index (χ2v) is 5.73. The van der Waals surface area contributed by atoms with Gasteiger partial charge in [-0.1, -0.05) is 59.6 Å². The molecule has 1 N–H and O–H groups in total. The minimum atomic E-state index is 0.501. The smallest absolute Gasteiger partial charge is 0.0351 e. The number of rotatable bonds is 8. The van der Waals surface area contributed by atoms with Gasteiger partial charge in [-0.3, -0.25) is 0 Å². The van der Waals surface area contributed by atoms with E-state index in [1.807, 2.05) is 0 Å². The fraction of sp³-hybridized carbons (Fsp3) is 0.684. The van der Waals surface area contributed by atoms with Crippen molar-refractivity contribution in [2.45, 2.75) is 72.8 Å². The van der Waals surface area contributed by atoms with Gasteiger partial charge < -0.3 is 5.32 Å². The maximum atomic E-state index is 3.61. The topological polar surface area (TPSA) is 12.0 Å². The van der Waals surface area contributed by atoms with Crippen LogP contribution in [0.3, 0.4) is 0 Å². The van der Waals surface area contributed by atoms with Crippen molar-refractivity contribution in [1.29, 1.82) is 0 Å². The molecule has 0 aliphatic rings. The van der Waals surface area contributed by atoms with Gasteiger partial charge in [0.2, 0.25) is 0 Å². The lowest BCUT2D eigenvalue weighted by atomic mass is 9.82.